The fourth-order valence-electron chi connectivity index (χ4n) is 3.61. The number of aryl methyl sites for hydroxylation is 1. The number of thioether (sulfide) groups is 1. The van der Waals surface area contributed by atoms with Gasteiger partial charge >= 0.3 is 0 Å². The summed E-state index contributed by atoms with van der Waals surface area (Å²) in [5.74, 6) is 0.832. The maximum atomic E-state index is 13.1. The van der Waals surface area contributed by atoms with Crippen molar-refractivity contribution in [2.24, 2.45) is 0 Å². The van der Waals surface area contributed by atoms with E-state index in [9.17, 15) is 4.79 Å². The third-order valence-electron chi connectivity index (χ3n) is 5.04. The third kappa shape index (κ3) is 3.55. The predicted molar refractivity (Wildman–Crippen MR) is 103 cm³/mol. The van der Waals surface area contributed by atoms with Gasteiger partial charge < -0.3 is 10.7 Å². The Kier molecular flexibility index (Phi) is 5.09. The number of rotatable bonds is 3. The van der Waals surface area contributed by atoms with Gasteiger partial charge in [-0.25, -0.2) is 4.68 Å². The molecule has 1 amide bonds. The van der Waals surface area contributed by atoms with Gasteiger partial charge in [-0.2, -0.15) is 0 Å². The largest absolute Gasteiger partial charge is 0.352 e. The molecule has 1 saturated carbocycles. The molecule has 8 heteroatoms. The molecule has 1 aromatic heterocycles. The molecule has 1 aliphatic heterocycles. The van der Waals surface area contributed by atoms with Crippen molar-refractivity contribution in [3.05, 3.63) is 40.7 Å². The summed E-state index contributed by atoms with van der Waals surface area (Å²) in [6.45, 7) is 1.89. The van der Waals surface area contributed by atoms with Gasteiger partial charge in [0.05, 0.1) is 6.04 Å². The molecule has 2 heterocycles. The van der Waals surface area contributed by atoms with E-state index >= 15 is 0 Å². The third-order valence-corrected chi connectivity index (χ3v) is 6.50. The van der Waals surface area contributed by atoms with Gasteiger partial charge in [-0.3, -0.25) is 4.79 Å². The first-order chi connectivity index (χ1) is 12.6. The first kappa shape index (κ1) is 17.7. The molecule has 1 aromatic carbocycles. The van der Waals surface area contributed by atoms with Crippen LogP contribution in [0.4, 0.5) is 0 Å². The van der Waals surface area contributed by atoms with Crippen molar-refractivity contribution in [1.82, 2.24) is 20.2 Å². The number of carbonyl (C=O) groups is 1. The molecule has 26 heavy (non-hydrogen) atoms. The van der Waals surface area contributed by atoms with Crippen LogP contribution in [0.5, 0.6) is 0 Å². The molecule has 6 nitrogen and oxygen atoms in total. The lowest BCUT2D eigenvalue weighted by molar-refractivity contribution is -0.121. The van der Waals surface area contributed by atoms with E-state index < -0.39 is 0 Å². The minimum Gasteiger partial charge on any atom is -0.352 e. The van der Waals surface area contributed by atoms with E-state index in [1.54, 1.807) is 0 Å². The fourth-order valence-corrected chi connectivity index (χ4v) is 4.87. The monoisotopic (exact) mass is 391 g/mol. The molecule has 1 aliphatic carbocycles. The van der Waals surface area contributed by atoms with Gasteiger partial charge in [0.15, 0.2) is 0 Å². The van der Waals surface area contributed by atoms with E-state index in [0.717, 1.165) is 29.4 Å². The first-order valence-corrected chi connectivity index (χ1v) is 10.3. The van der Waals surface area contributed by atoms with Crippen LogP contribution in [-0.2, 0) is 4.79 Å². The molecule has 2 N–H and O–H groups in total. The van der Waals surface area contributed by atoms with E-state index in [1.165, 1.54) is 31.0 Å². The van der Waals surface area contributed by atoms with Crippen molar-refractivity contribution in [3.8, 4) is 0 Å². The Morgan fingerprint density at radius 2 is 1.96 bits per heavy atom. The van der Waals surface area contributed by atoms with E-state index in [4.69, 9.17) is 11.6 Å². The van der Waals surface area contributed by atoms with Crippen LogP contribution in [0.1, 0.15) is 49.5 Å². The lowest BCUT2D eigenvalue weighted by Gasteiger charge is -2.34. The van der Waals surface area contributed by atoms with Crippen LogP contribution in [0, 0.1) is 6.92 Å². The molecule has 0 spiro atoms. The van der Waals surface area contributed by atoms with E-state index in [1.807, 2.05) is 35.9 Å². The van der Waals surface area contributed by atoms with Gasteiger partial charge in [-0.05, 0) is 37.5 Å². The molecular weight excluding hydrogens is 370 g/mol. The standard InChI is InChI=1S/C18H22ClN5OS/c1-11-21-22-18-24(11)23-15(12-7-9-13(19)10-8-12)16(26-18)17(25)20-14-5-3-2-4-6-14/h7-10,14-16,23H,2-6H2,1H3,(H,20,25). The highest BCUT2D eigenvalue weighted by molar-refractivity contribution is 8.00. The second-order valence-corrected chi connectivity index (χ2v) is 8.45. The fraction of sp³-hybridized carbons (Fsp3) is 0.500. The number of hydrogen-bond donors (Lipinski definition) is 2. The molecule has 0 saturated heterocycles. The predicted octanol–water partition coefficient (Wildman–Crippen LogP) is 3.45. The van der Waals surface area contributed by atoms with Gasteiger partial charge in [0.25, 0.3) is 0 Å². The topological polar surface area (TPSA) is 71.8 Å². The zero-order valence-corrected chi connectivity index (χ0v) is 16.2. The van der Waals surface area contributed by atoms with E-state index in [-0.39, 0.29) is 23.2 Å². The van der Waals surface area contributed by atoms with Crippen molar-refractivity contribution < 1.29 is 4.79 Å². The van der Waals surface area contributed by atoms with Crippen molar-refractivity contribution in [2.45, 2.75) is 61.5 Å². The normalized spacial score (nSPS) is 23.2. The summed E-state index contributed by atoms with van der Waals surface area (Å²) in [6.07, 6.45) is 5.78. The highest BCUT2D eigenvalue weighted by Crippen LogP contribution is 2.37. The molecule has 2 aliphatic rings. The summed E-state index contributed by atoms with van der Waals surface area (Å²) in [4.78, 5) is 13.1. The summed E-state index contributed by atoms with van der Waals surface area (Å²) in [6, 6.07) is 7.74. The van der Waals surface area contributed by atoms with Gasteiger partial charge in [0.2, 0.25) is 11.1 Å². The molecular formula is C18H22ClN5OS. The zero-order valence-electron chi connectivity index (χ0n) is 14.6. The van der Waals surface area contributed by atoms with Crippen molar-refractivity contribution in [3.63, 3.8) is 0 Å². The number of hydrogen-bond acceptors (Lipinski definition) is 5. The Morgan fingerprint density at radius 1 is 1.23 bits per heavy atom. The van der Waals surface area contributed by atoms with Crippen LogP contribution in [0.2, 0.25) is 5.02 Å². The summed E-state index contributed by atoms with van der Waals surface area (Å²) in [5.41, 5.74) is 4.43. The van der Waals surface area contributed by atoms with Crippen LogP contribution in [0.15, 0.2) is 29.4 Å². The zero-order chi connectivity index (χ0) is 18.1. The number of nitrogens with one attached hydrogen (secondary N) is 2. The van der Waals surface area contributed by atoms with Crippen LogP contribution in [-0.4, -0.2) is 32.1 Å². The van der Waals surface area contributed by atoms with Crippen molar-refractivity contribution in [1.29, 1.82) is 0 Å². The summed E-state index contributed by atoms with van der Waals surface area (Å²) in [7, 11) is 0. The summed E-state index contributed by atoms with van der Waals surface area (Å²) >= 11 is 7.50. The lowest BCUT2D eigenvalue weighted by Crippen LogP contribution is -2.47. The summed E-state index contributed by atoms with van der Waals surface area (Å²) in [5, 5.41) is 12.7. The van der Waals surface area contributed by atoms with E-state index in [0.29, 0.717) is 5.02 Å². The minimum absolute atomic E-state index is 0.0567. The maximum Gasteiger partial charge on any atom is 0.236 e. The SMILES string of the molecule is Cc1nnc2n1NC(c1ccc(Cl)cc1)C(C(=O)NC1CCCCC1)S2. The quantitative estimate of drug-likeness (QED) is 0.838. The molecule has 4 rings (SSSR count). The Balaban J connectivity index is 1.60. The Labute approximate surface area is 162 Å². The van der Waals surface area contributed by atoms with Crippen LogP contribution in [0.25, 0.3) is 0 Å². The van der Waals surface area contributed by atoms with Crippen LogP contribution < -0.4 is 10.7 Å². The summed E-state index contributed by atoms with van der Waals surface area (Å²) < 4.78 is 1.86. The number of amides is 1. The van der Waals surface area contributed by atoms with Gasteiger partial charge in [0.1, 0.15) is 11.1 Å². The molecule has 2 atom stereocenters. The van der Waals surface area contributed by atoms with E-state index in [2.05, 4.69) is 20.9 Å². The number of carbonyl (C=O) groups excluding carboxylic acids is 1. The number of benzene rings is 1. The average Bonchev–Trinajstić information content (AvgIpc) is 3.02. The Morgan fingerprint density at radius 3 is 2.69 bits per heavy atom. The molecule has 2 unspecified atom stereocenters. The first-order valence-electron chi connectivity index (χ1n) is 9.03. The lowest BCUT2D eigenvalue weighted by atomic mass is 9.95. The van der Waals surface area contributed by atoms with Gasteiger partial charge in [-0.15, -0.1) is 10.2 Å². The van der Waals surface area contributed by atoms with Crippen molar-refractivity contribution in [2.75, 3.05) is 5.43 Å². The number of fused-ring (bicyclic) bond motifs is 1. The van der Waals surface area contributed by atoms with Crippen LogP contribution >= 0.6 is 23.4 Å². The average molecular weight is 392 g/mol. The molecule has 138 valence electrons. The Bertz CT molecular complexity index is 787. The number of nitrogens with zero attached hydrogens (tertiary/aromatic N) is 3. The van der Waals surface area contributed by atoms with Crippen molar-refractivity contribution >= 4 is 29.3 Å². The Hall–Kier alpha value is -1.73. The van der Waals surface area contributed by atoms with Gasteiger partial charge in [0, 0.05) is 11.1 Å². The highest BCUT2D eigenvalue weighted by Gasteiger charge is 2.38. The molecule has 0 radical (unpaired) electrons. The molecule has 1 fully saturated rings. The van der Waals surface area contributed by atoms with Crippen LogP contribution in [0.3, 0.4) is 0 Å². The highest BCUT2D eigenvalue weighted by atomic mass is 35.5. The smallest absolute Gasteiger partial charge is 0.236 e. The maximum absolute atomic E-state index is 13.1. The van der Waals surface area contributed by atoms with Gasteiger partial charge in [-0.1, -0.05) is 54.8 Å². The minimum atomic E-state index is -0.311. The second kappa shape index (κ2) is 7.48. The molecule has 0 bridgehead atoms. The number of halogens is 1. The molecule has 2 aromatic rings. The number of aromatic nitrogens is 3. The second-order valence-electron chi connectivity index (χ2n) is 6.91.